The molecular formula is C19H18N4O2S2. The van der Waals surface area contributed by atoms with Crippen LogP contribution in [0.25, 0.3) is 0 Å². The smallest absolute Gasteiger partial charge is 0.324 e. The molecule has 2 aromatic carbocycles. The van der Waals surface area contributed by atoms with Crippen LogP contribution < -0.4 is 11.0 Å². The second-order valence-corrected chi connectivity index (χ2v) is 8.22. The molecule has 1 saturated carbocycles. The minimum Gasteiger partial charge on any atom is -0.324 e. The first-order chi connectivity index (χ1) is 13.2. The van der Waals surface area contributed by atoms with E-state index in [0.29, 0.717) is 5.16 Å². The summed E-state index contributed by atoms with van der Waals surface area (Å²) < 4.78 is 1.65. The molecule has 3 aromatic rings. The number of rotatable bonds is 7. The molecule has 138 valence electrons. The Hall–Kier alpha value is -2.45. The van der Waals surface area contributed by atoms with Gasteiger partial charge in [0.1, 0.15) is 0 Å². The van der Waals surface area contributed by atoms with Crippen molar-refractivity contribution in [2.75, 3.05) is 11.1 Å². The summed E-state index contributed by atoms with van der Waals surface area (Å²) in [4.78, 5) is 26.3. The van der Waals surface area contributed by atoms with Crippen LogP contribution in [-0.4, -0.2) is 26.4 Å². The monoisotopic (exact) mass is 398 g/mol. The summed E-state index contributed by atoms with van der Waals surface area (Å²) in [5.41, 5.74) is 0.573. The van der Waals surface area contributed by atoms with E-state index in [2.05, 4.69) is 15.5 Å². The molecule has 0 aliphatic heterocycles. The van der Waals surface area contributed by atoms with Crippen LogP contribution in [-0.2, 0) is 4.79 Å². The molecule has 1 fully saturated rings. The molecule has 6 nitrogen and oxygen atoms in total. The van der Waals surface area contributed by atoms with Gasteiger partial charge in [0.25, 0.3) is 0 Å². The fourth-order valence-corrected chi connectivity index (χ4v) is 4.37. The molecule has 0 saturated heterocycles. The van der Waals surface area contributed by atoms with Crippen LogP contribution in [0.1, 0.15) is 18.9 Å². The van der Waals surface area contributed by atoms with Gasteiger partial charge in [-0.3, -0.25) is 9.36 Å². The third kappa shape index (κ3) is 4.45. The normalized spacial score (nSPS) is 13.5. The maximum absolute atomic E-state index is 12.4. The lowest BCUT2D eigenvalue weighted by atomic mass is 10.3. The zero-order valence-electron chi connectivity index (χ0n) is 14.4. The molecule has 0 unspecified atom stereocenters. The standard InChI is InChI=1S/C19H18N4O2S2/c24-17(12-26-19-22-21-18(25)23(19)13-10-11-13)20-15-8-4-5-9-16(15)27-14-6-2-1-3-7-14/h1-9,13H,10-12H2,(H,20,24)(H,21,25). The van der Waals surface area contributed by atoms with E-state index >= 15 is 0 Å². The highest BCUT2D eigenvalue weighted by molar-refractivity contribution is 8.00. The van der Waals surface area contributed by atoms with Crippen LogP contribution in [0.5, 0.6) is 0 Å². The SMILES string of the molecule is O=C(CSc1n[nH]c(=O)n1C1CC1)Nc1ccccc1Sc1ccccc1. The second kappa shape index (κ2) is 8.06. The van der Waals surface area contributed by atoms with Crippen molar-refractivity contribution in [3.05, 3.63) is 65.1 Å². The first-order valence-electron chi connectivity index (χ1n) is 8.62. The van der Waals surface area contributed by atoms with Crippen molar-refractivity contribution in [3.8, 4) is 0 Å². The summed E-state index contributed by atoms with van der Waals surface area (Å²) in [6.45, 7) is 0. The van der Waals surface area contributed by atoms with Crippen LogP contribution in [0.2, 0.25) is 0 Å². The van der Waals surface area contributed by atoms with Crippen molar-refractivity contribution in [1.29, 1.82) is 0 Å². The lowest BCUT2D eigenvalue weighted by Crippen LogP contribution is -2.18. The number of anilines is 1. The highest BCUT2D eigenvalue weighted by atomic mass is 32.2. The molecule has 0 bridgehead atoms. The molecule has 4 rings (SSSR count). The maximum atomic E-state index is 12.4. The highest BCUT2D eigenvalue weighted by Gasteiger charge is 2.28. The number of para-hydroxylation sites is 1. The molecule has 0 radical (unpaired) electrons. The predicted octanol–water partition coefficient (Wildman–Crippen LogP) is 3.79. The van der Waals surface area contributed by atoms with Crippen molar-refractivity contribution in [1.82, 2.24) is 14.8 Å². The van der Waals surface area contributed by atoms with Gasteiger partial charge in [0, 0.05) is 15.8 Å². The molecule has 0 spiro atoms. The number of hydrogen-bond donors (Lipinski definition) is 2. The first-order valence-corrected chi connectivity index (χ1v) is 10.4. The Morgan fingerprint density at radius 1 is 1.15 bits per heavy atom. The molecule has 1 aliphatic rings. The van der Waals surface area contributed by atoms with E-state index in [1.54, 1.807) is 16.3 Å². The van der Waals surface area contributed by atoms with Crippen molar-refractivity contribution in [2.45, 2.75) is 33.8 Å². The van der Waals surface area contributed by atoms with Crippen LogP contribution >= 0.6 is 23.5 Å². The van der Waals surface area contributed by atoms with Gasteiger partial charge in [-0.05, 0) is 37.1 Å². The average Bonchev–Trinajstić information content (AvgIpc) is 3.45. The number of H-pyrrole nitrogens is 1. The van der Waals surface area contributed by atoms with Gasteiger partial charge in [-0.15, -0.1) is 5.10 Å². The van der Waals surface area contributed by atoms with Gasteiger partial charge < -0.3 is 5.32 Å². The fraction of sp³-hybridized carbons (Fsp3) is 0.211. The Kier molecular flexibility index (Phi) is 5.35. The number of carbonyl (C=O) groups is 1. The average molecular weight is 399 g/mol. The molecule has 1 aliphatic carbocycles. The molecule has 1 amide bonds. The molecule has 1 heterocycles. The van der Waals surface area contributed by atoms with E-state index in [0.717, 1.165) is 28.3 Å². The highest BCUT2D eigenvalue weighted by Crippen LogP contribution is 2.36. The molecule has 1 aromatic heterocycles. The Bertz CT molecular complexity index is 996. The van der Waals surface area contributed by atoms with E-state index in [1.807, 2.05) is 54.6 Å². The van der Waals surface area contributed by atoms with Gasteiger partial charge in [0.2, 0.25) is 5.91 Å². The molecule has 0 atom stereocenters. The fourth-order valence-electron chi connectivity index (χ4n) is 2.64. The van der Waals surface area contributed by atoms with Crippen LogP contribution in [0.3, 0.4) is 0 Å². The number of aromatic amines is 1. The summed E-state index contributed by atoms with van der Waals surface area (Å²) in [7, 11) is 0. The first kappa shape index (κ1) is 17.9. The summed E-state index contributed by atoms with van der Waals surface area (Å²) in [6.07, 6.45) is 1.98. The van der Waals surface area contributed by atoms with Gasteiger partial charge in [0.05, 0.1) is 11.4 Å². The van der Waals surface area contributed by atoms with Crippen LogP contribution in [0.4, 0.5) is 5.69 Å². The van der Waals surface area contributed by atoms with Gasteiger partial charge in [0.15, 0.2) is 5.16 Å². The second-order valence-electron chi connectivity index (χ2n) is 6.16. The minimum atomic E-state index is -0.204. The Morgan fingerprint density at radius 2 is 1.89 bits per heavy atom. The quantitative estimate of drug-likeness (QED) is 0.592. The number of carbonyl (C=O) groups excluding carboxylic acids is 1. The summed E-state index contributed by atoms with van der Waals surface area (Å²) >= 11 is 2.88. The topological polar surface area (TPSA) is 79.8 Å². The van der Waals surface area contributed by atoms with Gasteiger partial charge >= 0.3 is 5.69 Å². The number of benzene rings is 2. The number of aromatic nitrogens is 3. The van der Waals surface area contributed by atoms with Crippen molar-refractivity contribution in [2.24, 2.45) is 0 Å². The number of thioether (sulfide) groups is 1. The van der Waals surface area contributed by atoms with E-state index in [9.17, 15) is 9.59 Å². The number of hydrogen-bond acceptors (Lipinski definition) is 5. The Labute approximate surface area is 164 Å². The third-order valence-corrected chi connectivity index (χ3v) is 6.09. The maximum Gasteiger partial charge on any atom is 0.344 e. The Morgan fingerprint density at radius 3 is 2.67 bits per heavy atom. The van der Waals surface area contributed by atoms with E-state index in [1.165, 1.54) is 11.8 Å². The summed E-state index contributed by atoms with van der Waals surface area (Å²) in [5.74, 6) is 0.0698. The van der Waals surface area contributed by atoms with Crippen LogP contribution in [0, 0.1) is 0 Å². The minimum absolute atomic E-state index is 0.126. The lowest BCUT2D eigenvalue weighted by molar-refractivity contribution is -0.113. The summed E-state index contributed by atoms with van der Waals surface area (Å²) in [5, 5.41) is 10.0. The molecule has 2 N–H and O–H groups in total. The van der Waals surface area contributed by atoms with Gasteiger partial charge in [-0.2, -0.15) is 0 Å². The van der Waals surface area contributed by atoms with Gasteiger partial charge in [-0.1, -0.05) is 53.9 Å². The van der Waals surface area contributed by atoms with E-state index < -0.39 is 0 Å². The molecular weight excluding hydrogens is 380 g/mol. The van der Waals surface area contributed by atoms with Crippen LogP contribution in [0.15, 0.2) is 74.3 Å². The van der Waals surface area contributed by atoms with E-state index in [4.69, 9.17) is 0 Å². The van der Waals surface area contributed by atoms with Crippen molar-refractivity contribution in [3.63, 3.8) is 0 Å². The summed E-state index contributed by atoms with van der Waals surface area (Å²) in [6, 6.07) is 18.0. The molecule has 8 heteroatoms. The third-order valence-electron chi connectivity index (χ3n) is 4.05. The zero-order chi connectivity index (χ0) is 18.6. The molecule has 27 heavy (non-hydrogen) atoms. The number of nitrogens with zero attached hydrogens (tertiary/aromatic N) is 2. The Balaban J connectivity index is 1.41. The van der Waals surface area contributed by atoms with Gasteiger partial charge in [-0.25, -0.2) is 9.89 Å². The predicted molar refractivity (Wildman–Crippen MR) is 107 cm³/mol. The number of nitrogens with one attached hydrogen (secondary N) is 2. The zero-order valence-corrected chi connectivity index (χ0v) is 16.1. The van der Waals surface area contributed by atoms with Crippen molar-refractivity contribution >= 4 is 35.1 Å². The van der Waals surface area contributed by atoms with E-state index in [-0.39, 0.29) is 23.4 Å². The van der Waals surface area contributed by atoms with Crippen molar-refractivity contribution < 1.29 is 4.79 Å². The number of amides is 1. The largest absolute Gasteiger partial charge is 0.344 e. The lowest BCUT2D eigenvalue weighted by Gasteiger charge is -2.10.